The molecular weight excluding hydrogens is 243 g/mol. The van der Waals surface area contributed by atoms with Crippen molar-refractivity contribution in [1.82, 2.24) is 0 Å². The van der Waals surface area contributed by atoms with E-state index in [4.69, 9.17) is 16.0 Å². The van der Waals surface area contributed by atoms with Gasteiger partial charge in [-0.1, -0.05) is 17.7 Å². The van der Waals surface area contributed by atoms with Gasteiger partial charge in [0.15, 0.2) is 5.78 Å². The standard InChI is InChI=1S/C13H10ClFO2/c1-7-6-10(8(2)17-7)13(16)9-4-3-5-11(15)12(9)14/h3-6H,1-2H3. The maximum atomic E-state index is 13.3. The largest absolute Gasteiger partial charge is 0.466 e. The molecule has 88 valence electrons. The van der Waals surface area contributed by atoms with Gasteiger partial charge in [-0.15, -0.1) is 0 Å². The smallest absolute Gasteiger partial charge is 0.198 e. The second-order valence-corrected chi connectivity index (χ2v) is 4.14. The van der Waals surface area contributed by atoms with Crippen LogP contribution in [0.1, 0.15) is 27.4 Å². The summed E-state index contributed by atoms with van der Waals surface area (Å²) in [6.45, 7) is 3.43. The van der Waals surface area contributed by atoms with Crippen LogP contribution in [0.15, 0.2) is 28.7 Å². The van der Waals surface area contributed by atoms with Crippen molar-refractivity contribution in [3.63, 3.8) is 0 Å². The molecule has 0 radical (unpaired) electrons. The fourth-order valence-electron chi connectivity index (χ4n) is 1.68. The molecule has 0 N–H and O–H groups in total. The van der Waals surface area contributed by atoms with E-state index in [-0.39, 0.29) is 16.4 Å². The van der Waals surface area contributed by atoms with Gasteiger partial charge < -0.3 is 4.42 Å². The van der Waals surface area contributed by atoms with Crippen LogP contribution in [0.25, 0.3) is 0 Å². The summed E-state index contributed by atoms with van der Waals surface area (Å²) in [5.41, 5.74) is 0.561. The predicted octanol–water partition coefficient (Wildman–Crippen LogP) is 3.92. The lowest BCUT2D eigenvalue weighted by Crippen LogP contribution is -2.03. The molecule has 0 aliphatic rings. The highest BCUT2D eigenvalue weighted by Crippen LogP contribution is 2.25. The number of hydrogen-bond acceptors (Lipinski definition) is 2. The highest BCUT2D eigenvalue weighted by molar-refractivity contribution is 6.35. The number of hydrogen-bond donors (Lipinski definition) is 0. The Bertz CT molecular complexity index is 587. The monoisotopic (exact) mass is 252 g/mol. The molecule has 0 atom stereocenters. The van der Waals surface area contributed by atoms with Crippen molar-refractivity contribution >= 4 is 17.4 Å². The van der Waals surface area contributed by atoms with Crippen LogP contribution in [0.3, 0.4) is 0 Å². The number of carbonyl (C=O) groups is 1. The minimum absolute atomic E-state index is 0.149. The van der Waals surface area contributed by atoms with Crippen molar-refractivity contribution in [2.24, 2.45) is 0 Å². The summed E-state index contributed by atoms with van der Waals surface area (Å²) in [4.78, 5) is 12.1. The number of aryl methyl sites for hydroxylation is 2. The molecule has 0 saturated carbocycles. The Kier molecular flexibility index (Phi) is 3.03. The van der Waals surface area contributed by atoms with Crippen molar-refractivity contribution in [3.8, 4) is 0 Å². The lowest BCUT2D eigenvalue weighted by molar-refractivity contribution is 0.103. The average Bonchev–Trinajstić information content (AvgIpc) is 2.61. The van der Waals surface area contributed by atoms with Crippen molar-refractivity contribution in [3.05, 3.63) is 57.8 Å². The Labute approximate surface area is 103 Å². The second-order valence-electron chi connectivity index (χ2n) is 3.76. The SMILES string of the molecule is Cc1cc(C(=O)c2cccc(F)c2Cl)c(C)o1. The molecule has 0 saturated heterocycles. The summed E-state index contributed by atoms with van der Waals surface area (Å²) in [6.07, 6.45) is 0. The third kappa shape index (κ3) is 2.11. The summed E-state index contributed by atoms with van der Waals surface area (Å²) in [7, 11) is 0. The fourth-order valence-corrected chi connectivity index (χ4v) is 1.89. The van der Waals surface area contributed by atoms with Gasteiger partial charge in [0.05, 0.1) is 10.6 Å². The minimum Gasteiger partial charge on any atom is -0.466 e. The van der Waals surface area contributed by atoms with E-state index in [1.807, 2.05) is 0 Å². The van der Waals surface area contributed by atoms with Gasteiger partial charge >= 0.3 is 0 Å². The van der Waals surface area contributed by atoms with Gasteiger partial charge in [0.25, 0.3) is 0 Å². The Balaban J connectivity index is 2.51. The zero-order chi connectivity index (χ0) is 12.6. The molecule has 1 aromatic heterocycles. The summed E-state index contributed by atoms with van der Waals surface area (Å²) in [5.74, 6) is 0.213. The second kappa shape index (κ2) is 4.34. The van der Waals surface area contributed by atoms with Gasteiger partial charge in [-0.05, 0) is 32.0 Å². The zero-order valence-corrected chi connectivity index (χ0v) is 10.1. The van der Waals surface area contributed by atoms with Gasteiger partial charge in [-0.3, -0.25) is 4.79 Å². The number of rotatable bonds is 2. The third-order valence-corrected chi connectivity index (χ3v) is 2.87. The van der Waals surface area contributed by atoms with Gasteiger partial charge in [0, 0.05) is 5.56 Å². The maximum Gasteiger partial charge on any atom is 0.198 e. The Morgan fingerprint density at radius 3 is 2.59 bits per heavy atom. The van der Waals surface area contributed by atoms with E-state index in [2.05, 4.69) is 0 Å². The normalized spacial score (nSPS) is 10.6. The summed E-state index contributed by atoms with van der Waals surface area (Å²) >= 11 is 5.77. The topological polar surface area (TPSA) is 30.2 Å². The van der Waals surface area contributed by atoms with Gasteiger partial charge in [0.2, 0.25) is 0 Å². The van der Waals surface area contributed by atoms with Gasteiger partial charge in [-0.2, -0.15) is 0 Å². The summed E-state index contributed by atoms with van der Waals surface area (Å²) < 4.78 is 18.5. The first-order valence-corrected chi connectivity index (χ1v) is 5.44. The van der Waals surface area contributed by atoms with Crippen molar-refractivity contribution in [2.45, 2.75) is 13.8 Å². The quantitative estimate of drug-likeness (QED) is 0.759. The highest BCUT2D eigenvalue weighted by Gasteiger charge is 2.19. The molecule has 1 heterocycles. The Morgan fingerprint density at radius 2 is 2.00 bits per heavy atom. The number of halogens is 2. The number of benzene rings is 1. The van der Waals surface area contributed by atoms with Gasteiger partial charge in [-0.25, -0.2) is 4.39 Å². The number of carbonyl (C=O) groups excluding carboxylic acids is 1. The number of furan rings is 1. The van der Waals surface area contributed by atoms with Crippen LogP contribution < -0.4 is 0 Å². The lowest BCUT2D eigenvalue weighted by Gasteiger charge is -2.02. The Morgan fingerprint density at radius 1 is 1.29 bits per heavy atom. The molecule has 4 heteroatoms. The highest BCUT2D eigenvalue weighted by atomic mass is 35.5. The average molecular weight is 253 g/mol. The first-order valence-electron chi connectivity index (χ1n) is 5.06. The van der Waals surface area contributed by atoms with E-state index >= 15 is 0 Å². The molecule has 2 nitrogen and oxygen atoms in total. The van der Waals surface area contributed by atoms with Crippen LogP contribution in [0.5, 0.6) is 0 Å². The molecule has 0 bridgehead atoms. The molecule has 0 spiro atoms. The van der Waals surface area contributed by atoms with E-state index < -0.39 is 5.82 Å². The zero-order valence-electron chi connectivity index (χ0n) is 9.38. The van der Waals surface area contributed by atoms with Crippen LogP contribution >= 0.6 is 11.6 Å². The molecule has 0 aliphatic carbocycles. The molecule has 1 aromatic carbocycles. The Hall–Kier alpha value is -1.61. The van der Waals surface area contributed by atoms with Crippen molar-refractivity contribution in [2.75, 3.05) is 0 Å². The number of ketones is 1. The molecule has 0 fully saturated rings. The minimum atomic E-state index is -0.601. The van der Waals surface area contributed by atoms with E-state index in [9.17, 15) is 9.18 Å². The van der Waals surface area contributed by atoms with E-state index in [1.165, 1.54) is 18.2 Å². The lowest BCUT2D eigenvalue weighted by atomic mass is 10.0. The maximum absolute atomic E-state index is 13.3. The van der Waals surface area contributed by atoms with Crippen LogP contribution in [-0.4, -0.2) is 5.78 Å². The van der Waals surface area contributed by atoms with Crippen molar-refractivity contribution in [1.29, 1.82) is 0 Å². The van der Waals surface area contributed by atoms with Crippen LogP contribution in [0.4, 0.5) is 4.39 Å². The molecule has 17 heavy (non-hydrogen) atoms. The molecule has 0 unspecified atom stereocenters. The molecule has 0 amide bonds. The van der Waals surface area contributed by atoms with Crippen molar-refractivity contribution < 1.29 is 13.6 Å². The van der Waals surface area contributed by atoms with Crippen LogP contribution in [0, 0.1) is 19.7 Å². The summed E-state index contributed by atoms with van der Waals surface area (Å²) in [6, 6.07) is 5.79. The van der Waals surface area contributed by atoms with E-state index in [1.54, 1.807) is 19.9 Å². The van der Waals surface area contributed by atoms with E-state index in [0.29, 0.717) is 17.1 Å². The third-order valence-electron chi connectivity index (χ3n) is 2.48. The molecule has 2 aromatic rings. The molecular formula is C13H10ClFO2. The van der Waals surface area contributed by atoms with Gasteiger partial charge in [0.1, 0.15) is 17.3 Å². The van der Waals surface area contributed by atoms with E-state index in [0.717, 1.165) is 0 Å². The molecule has 0 aliphatic heterocycles. The van der Waals surface area contributed by atoms with Crippen LogP contribution in [0.2, 0.25) is 5.02 Å². The summed E-state index contributed by atoms with van der Waals surface area (Å²) in [5, 5.41) is -0.157. The molecule has 2 rings (SSSR count). The predicted molar refractivity (Wildman–Crippen MR) is 63.0 cm³/mol. The first-order chi connectivity index (χ1) is 8.00. The first kappa shape index (κ1) is 11.9. The van der Waals surface area contributed by atoms with Crippen LogP contribution in [-0.2, 0) is 0 Å². The fraction of sp³-hybridized carbons (Fsp3) is 0.154.